The zero-order valence-electron chi connectivity index (χ0n) is 22.9. The number of benzene rings is 2. The number of nitrogens with one attached hydrogen (secondary N) is 4. The summed E-state index contributed by atoms with van der Waals surface area (Å²) in [6.07, 6.45) is 3.74. The van der Waals surface area contributed by atoms with Crippen LogP contribution in [0, 0.1) is 25.3 Å². The molecule has 1 aliphatic rings. The van der Waals surface area contributed by atoms with Gasteiger partial charge in [0.1, 0.15) is 17.4 Å². The van der Waals surface area contributed by atoms with Crippen LogP contribution < -0.4 is 20.7 Å². The SMILES string of the molecule is Cc1ccc(S(=O)(=O)NCCNC(=O)CN2CCCC[C@H](N=C(NC#N)Nc3ccc4oc(C)cc4c3)C2=O)cc1. The van der Waals surface area contributed by atoms with Crippen molar-refractivity contribution >= 4 is 44.5 Å². The molecule has 1 atom stereocenters. The second-order valence-corrected chi connectivity index (χ2v) is 11.5. The maximum atomic E-state index is 13.3. The minimum atomic E-state index is -3.69. The van der Waals surface area contributed by atoms with Crippen LogP contribution in [0.4, 0.5) is 5.69 Å². The highest BCUT2D eigenvalue weighted by Gasteiger charge is 2.28. The number of nitrogens with zero attached hydrogens (tertiary/aromatic N) is 3. The monoisotopic (exact) mass is 579 g/mol. The molecule has 1 fully saturated rings. The molecule has 3 aromatic rings. The fourth-order valence-electron chi connectivity index (χ4n) is 4.47. The molecule has 13 heteroatoms. The van der Waals surface area contributed by atoms with Crippen LogP contribution in [-0.4, -0.2) is 63.3 Å². The van der Waals surface area contributed by atoms with Crippen LogP contribution in [-0.2, 0) is 19.6 Å². The van der Waals surface area contributed by atoms with E-state index >= 15 is 0 Å². The molecule has 0 bridgehead atoms. The molecule has 0 radical (unpaired) electrons. The number of furan rings is 1. The summed E-state index contributed by atoms with van der Waals surface area (Å²) in [4.78, 5) is 32.0. The van der Waals surface area contributed by atoms with Gasteiger partial charge in [-0.1, -0.05) is 17.7 Å². The standard InChI is InChI=1S/C28H33N7O5S/c1-19-6-9-23(10-7-19)41(38,39)32-13-12-30-26(36)17-35-14-4-3-5-24(27(35)37)34-28(31-18-29)33-22-8-11-25-21(16-22)15-20(2)40-25/h6-11,15-16,24,32H,3-5,12-14,17H2,1-2H3,(H,30,36)(H2,31,33,34)/t24-/m0/s1. The number of rotatable bonds is 9. The molecular weight excluding hydrogens is 546 g/mol. The number of nitriles is 1. The van der Waals surface area contributed by atoms with E-state index < -0.39 is 22.0 Å². The Bertz CT molecular complexity index is 1580. The van der Waals surface area contributed by atoms with Gasteiger partial charge in [-0.2, -0.15) is 5.26 Å². The summed E-state index contributed by atoms with van der Waals surface area (Å²) < 4.78 is 32.9. The highest BCUT2D eigenvalue weighted by molar-refractivity contribution is 7.89. The molecule has 0 spiro atoms. The third-order valence-corrected chi connectivity index (χ3v) is 8.00. The van der Waals surface area contributed by atoms with Gasteiger partial charge in [-0.05, 0) is 69.5 Å². The Morgan fingerprint density at radius 1 is 1.12 bits per heavy atom. The van der Waals surface area contributed by atoms with E-state index in [2.05, 4.69) is 25.7 Å². The lowest BCUT2D eigenvalue weighted by Crippen LogP contribution is -2.45. The number of sulfonamides is 1. The van der Waals surface area contributed by atoms with E-state index in [1.807, 2.05) is 32.2 Å². The average molecular weight is 580 g/mol. The van der Waals surface area contributed by atoms with Crippen LogP contribution >= 0.6 is 0 Å². The van der Waals surface area contributed by atoms with Gasteiger partial charge in [0.25, 0.3) is 0 Å². The van der Waals surface area contributed by atoms with Gasteiger partial charge in [0.05, 0.1) is 11.4 Å². The largest absolute Gasteiger partial charge is 0.461 e. The number of hydrogen-bond acceptors (Lipinski definition) is 7. The summed E-state index contributed by atoms with van der Waals surface area (Å²) in [6, 6.07) is 13.0. The third kappa shape index (κ3) is 8.06. The normalized spacial score (nSPS) is 16.2. The van der Waals surface area contributed by atoms with Crippen LogP contribution in [0.5, 0.6) is 0 Å². The van der Waals surface area contributed by atoms with Crippen molar-refractivity contribution in [1.82, 2.24) is 20.3 Å². The Balaban J connectivity index is 1.33. The number of amides is 2. The number of guanidine groups is 1. The molecule has 0 unspecified atom stereocenters. The predicted octanol–water partition coefficient (Wildman–Crippen LogP) is 2.36. The minimum Gasteiger partial charge on any atom is -0.461 e. The van der Waals surface area contributed by atoms with Crippen molar-refractivity contribution in [2.45, 2.75) is 44.0 Å². The number of carbonyl (C=O) groups is 2. The van der Waals surface area contributed by atoms with Gasteiger partial charge in [0.15, 0.2) is 6.19 Å². The first-order chi connectivity index (χ1) is 19.6. The molecule has 12 nitrogen and oxygen atoms in total. The molecule has 1 aliphatic heterocycles. The Hall–Kier alpha value is -4.41. The van der Waals surface area contributed by atoms with E-state index in [4.69, 9.17) is 4.42 Å². The highest BCUT2D eigenvalue weighted by atomic mass is 32.2. The lowest BCUT2D eigenvalue weighted by atomic mass is 10.1. The summed E-state index contributed by atoms with van der Waals surface area (Å²) >= 11 is 0. The van der Waals surface area contributed by atoms with E-state index in [1.165, 1.54) is 17.0 Å². The van der Waals surface area contributed by atoms with E-state index in [-0.39, 0.29) is 36.4 Å². The first kappa shape index (κ1) is 29.6. The Morgan fingerprint density at radius 2 is 1.90 bits per heavy atom. The second-order valence-electron chi connectivity index (χ2n) is 9.78. The Kier molecular flexibility index (Phi) is 9.59. The van der Waals surface area contributed by atoms with Crippen LogP contribution in [0.3, 0.4) is 0 Å². The molecule has 2 heterocycles. The molecule has 1 saturated heterocycles. The molecule has 2 aromatic carbocycles. The van der Waals surface area contributed by atoms with Crippen molar-refractivity contribution in [3.05, 3.63) is 59.9 Å². The van der Waals surface area contributed by atoms with Crippen LogP contribution in [0.2, 0.25) is 0 Å². The maximum Gasteiger partial charge on any atom is 0.247 e. The van der Waals surface area contributed by atoms with Crippen molar-refractivity contribution in [2.75, 3.05) is 31.5 Å². The number of hydrogen-bond donors (Lipinski definition) is 4. The Morgan fingerprint density at radius 3 is 2.66 bits per heavy atom. The maximum absolute atomic E-state index is 13.3. The lowest BCUT2D eigenvalue weighted by molar-refractivity contribution is -0.136. The van der Waals surface area contributed by atoms with E-state index in [0.29, 0.717) is 25.1 Å². The van der Waals surface area contributed by atoms with Gasteiger partial charge in [-0.3, -0.25) is 14.9 Å². The van der Waals surface area contributed by atoms with Crippen LogP contribution in [0.15, 0.2) is 62.8 Å². The average Bonchev–Trinajstić information content (AvgIpc) is 3.22. The molecule has 0 saturated carbocycles. The summed E-state index contributed by atoms with van der Waals surface area (Å²) in [5.41, 5.74) is 2.34. The summed E-state index contributed by atoms with van der Waals surface area (Å²) in [5.74, 6) is 0.169. The smallest absolute Gasteiger partial charge is 0.247 e. The zero-order chi connectivity index (χ0) is 29.4. The molecule has 2 amide bonds. The van der Waals surface area contributed by atoms with Gasteiger partial charge in [-0.15, -0.1) is 0 Å². The second kappa shape index (κ2) is 13.3. The van der Waals surface area contributed by atoms with Crippen LogP contribution in [0.25, 0.3) is 11.0 Å². The summed E-state index contributed by atoms with van der Waals surface area (Å²) in [7, 11) is -3.69. The summed E-state index contributed by atoms with van der Waals surface area (Å²) in [5, 5.41) is 18.4. The van der Waals surface area contributed by atoms with Crippen molar-refractivity contribution in [2.24, 2.45) is 4.99 Å². The fraction of sp³-hybridized carbons (Fsp3) is 0.357. The number of carbonyl (C=O) groups excluding carboxylic acids is 2. The number of fused-ring (bicyclic) bond motifs is 1. The van der Waals surface area contributed by atoms with Crippen molar-refractivity contribution in [3.63, 3.8) is 0 Å². The molecule has 1 aromatic heterocycles. The number of aliphatic imine (C=N–C) groups is 1. The first-order valence-electron chi connectivity index (χ1n) is 13.3. The van der Waals surface area contributed by atoms with Gasteiger partial charge in [0, 0.05) is 30.7 Å². The topological polar surface area (TPSA) is 169 Å². The van der Waals surface area contributed by atoms with Gasteiger partial charge in [-0.25, -0.2) is 18.1 Å². The number of likely N-dealkylation sites (tertiary alicyclic amines) is 1. The molecule has 41 heavy (non-hydrogen) atoms. The third-order valence-electron chi connectivity index (χ3n) is 6.52. The Labute approximate surface area is 238 Å². The highest BCUT2D eigenvalue weighted by Crippen LogP contribution is 2.23. The molecule has 0 aliphatic carbocycles. The lowest BCUT2D eigenvalue weighted by Gasteiger charge is -2.22. The quantitative estimate of drug-likeness (QED) is 0.0985. The van der Waals surface area contributed by atoms with E-state index in [9.17, 15) is 23.3 Å². The number of aryl methyl sites for hydroxylation is 2. The van der Waals surface area contributed by atoms with Gasteiger partial charge in [0.2, 0.25) is 27.8 Å². The molecular formula is C28H33N7O5S. The van der Waals surface area contributed by atoms with Crippen molar-refractivity contribution in [1.29, 1.82) is 5.26 Å². The summed E-state index contributed by atoms with van der Waals surface area (Å²) in [6.45, 7) is 4.00. The molecule has 4 rings (SSSR count). The number of anilines is 1. The van der Waals surface area contributed by atoms with Crippen LogP contribution in [0.1, 0.15) is 30.6 Å². The zero-order valence-corrected chi connectivity index (χ0v) is 23.8. The predicted molar refractivity (Wildman–Crippen MR) is 154 cm³/mol. The van der Waals surface area contributed by atoms with E-state index in [1.54, 1.807) is 24.3 Å². The van der Waals surface area contributed by atoms with Crippen molar-refractivity contribution < 1.29 is 22.4 Å². The van der Waals surface area contributed by atoms with Crippen molar-refractivity contribution in [3.8, 4) is 6.19 Å². The fourth-order valence-corrected chi connectivity index (χ4v) is 5.51. The molecule has 216 valence electrons. The van der Waals surface area contributed by atoms with Gasteiger partial charge >= 0.3 is 0 Å². The van der Waals surface area contributed by atoms with Gasteiger partial charge < -0.3 is 20.0 Å². The first-order valence-corrected chi connectivity index (χ1v) is 14.7. The van der Waals surface area contributed by atoms with E-state index in [0.717, 1.165) is 28.7 Å². The minimum absolute atomic E-state index is 0.00184. The molecule has 4 N–H and O–H groups in total.